The summed E-state index contributed by atoms with van der Waals surface area (Å²) in [6.07, 6.45) is 6.87. The molecule has 1 aliphatic carbocycles. The SMILES string of the molecule is CCC1CCC(CNC(C)(C)C)C(Cc2cc(Br)cs2)C1. The van der Waals surface area contributed by atoms with Crippen molar-refractivity contribution < 1.29 is 0 Å². The van der Waals surface area contributed by atoms with E-state index in [1.54, 1.807) is 4.88 Å². The standard InChI is InChI=1S/C18H30BrNS/c1-5-13-6-7-14(11-20-18(2,3)4)15(8-13)9-17-10-16(19)12-21-17/h10,12-15,20H,5-9,11H2,1-4H3. The normalized spacial score (nSPS) is 27.0. The van der Waals surface area contributed by atoms with Crippen LogP contribution >= 0.6 is 27.3 Å². The molecule has 0 saturated heterocycles. The van der Waals surface area contributed by atoms with Crippen LogP contribution in [0.1, 0.15) is 58.3 Å². The number of hydrogen-bond donors (Lipinski definition) is 1. The molecular weight excluding hydrogens is 342 g/mol. The molecule has 1 saturated carbocycles. The Morgan fingerprint density at radius 2 is 2.05 bits per heavy atom. The fourth-order valence-corrected chi connectivity index (χ4v) is 5.02. The van der Waals surface area contributed by atoms with E-state index in [0.717, 1.165) is 17.8 Å². The van der Waals surface area contributed by atoms with E-state index in [1.165, 1.54) is 43.1 Å². The fraction of sp³-hybridized carbons (Fsp3) is 0.778. The summed E-state index contributed by atoms with van der Waals surface area (Å²) < 4.78 is 1.25. The van der Waals surface area contributed by atoms with Crippen molar-refractivity contribution in [3.8, 4) is 0 Å². The van der Waals surface area contributed by atoms with Crippen LogP contribution in [-0.4, -0.2) is 12.1 Å². The zero-order valence-electron chi connectivity index (χ0n) is 13.9. The third-order valence-electron chi connectivity index (χ3n) is 4.81. The Hall–Kier alpha value is 0.140. The molecule has 2 rings (SSSR count). The summed E-state index contributed by atoms with van der Waals surface area (Å²) >= 11 is 5.50. The van der Waals surface area contributed by atoms with Gasteiger partial charge in [0.25, 0.3) is 0 Å². The molecule has 0 amide bonds. The van der Waals surface area contributed by atoms with Crippen LogP contribution in [0.3, 0.4) is 0 Å². The number of thiophene rings is 1. The Morgan fingerprint density at radius 3 is 2.62 bits per heavy atom. The highest BCUT2D eigenvalue weighted by atomic mass is 79.9. The predicted octanol–water partition coefficient (Wildman–Crippen LogP) is 5.88. The molecule has 1 nitrogen and oxygen atoms in total. The van der Waals surface area contributed by atoms with Crippen molar-refractivity contribution >= 4 is 27.3 Å². The average Bonchev–Trinajstić information content (AvgIpc) is 2.81. The minimum Gasteiger partial charge on any atom is -0.312 e. The second-order valence-electron chi connectivity index (χ2n) is 7.67. The Labute approximate surface area is 143 Å². The second-order valence-corrected chi connectivity index (χ2v) is 9.59. The van der Waals surface area contributed by atoms with Crippen molar-refractivity contribution in [1.29, 1.82) is 0 Å². The Kier molecular flexibility index (Phi) is 6.34. The third kappa shape index (κ3) is 5.69. The number of nitrogens with one attached hydrogen (secondary N) is 1. The van der Waals surface area contributed by atoms with E-state index in [1.807, 2.05) is 11.3 Å². The lowest BCUT2D eigenvalue weighted by Crippen LogP contribution is -2.42. The maximum absolute atomic E-state index is 3.74. The molecule has 0 aromatic carbocycles. The molecule has 1 heterocycles. The predicted molar refractivity (Wildman–Crippen MR) is 98.1 cm³/mol. The first kappa shape index (κ1) is 17.5. The van der Waals surface area contributed by atoms with Gasteiger partial charge in [-0.05, 0) is 86.3 Å². The van der Waals surface area contributed by atoms with Gasteiger partial charge < -0.3 is 5.32 Å². The summed E-state index contributed by atoms with van der Waals surface area (Å²) in [5.41, 5.74) is 0.234. The highest BCUT2D eigenvalue weighted by molar-refractivity contribution is 9.10. The van der Waals surface area contributed by atoms with Gasteiger partial charge in [-0.1, -0.05) is 19.8 Å². The summed E-state index contributed by atoms with van der Waals surface area (Å²) in [4.78, 5) is 1.55. The van der Waals surface area contributed by atoms with E-state index < -0.39 is 0 Å². The summed E-state index contributed by atoms with van der Waals surface area (Å²) in [6, 6.07) is 2.31. The maximum Gasteiger partial charge on any atom is 0.0285 e. The van der Waals surface area contributed by atoms with Gasteiger partial charge in [0.15, 0.2) is 0 Å². The van der Waals surface area contributed by atoms with Crippen molar-refractivity contribution in [2.24, 2.45) is 17.8 Å². The van der Waals surface area contributed by atoms with Gasteiger partial charge in [-0.2, -0.15) is 0 Å². The van der Waals surface area contributed by atoms with Crippen LogP contribution in [0.4, 0.5) is 0 Å². The fourth-order valence-electron chi connectivity index (χ4n) is 3.47. The Balaban J connectivity index is 1.99. The van der Waals surface area contributed by atoms with E-state index in [9.17, 15) is 0 Å². The summed E-state index contributed by atoms with van der Waals surface area (Å²) in [5, 5.41) is 5.96. The van der Waals surface area contributed by atoms with Crippen LogP contribution in [0, 0.1) is 17.8 Å². The molecule has 1 aliphatic rings. The molecule has 0 bridgehead atoms. The van der Waals surface area contributed by atoms with Crippen molar-refractivity contribution in [2.75, 3.05) is 6.54 Å². The maximum atomic E-state index is 3.74. The molecule has 3 heteroatoms. The smallest absolute Gasteiger partial charge is 0.0285 e. The van der Waals surface area contributed by atoms with Crippen LogP contribution in [0.2, 0.25) is 0 Å². The third-order valence-corrected chi connectivity index (χ3v) is 6.53. The summed E-state index contributed by atoms with van der Waals surface area (Å²) in [7, 11) is 0. The molecular formula is C18H30BrNS. The number of hydrogen-bond acceptors (Lipinski definition) is 2. The van der Waals surface area contributed by atoms with E-state index in [2.05, 4.69) is 60.4 Å². The van der Waals surface area contributed by atoms with E-state index in [4.69, 9.17) is 0 Å². The first-order valence-corrected chi connectivity index (χ1v) is 10.0. The lowest BCUT2D eigenvalue weighted by atomic mass is 9.71. The van der Waals surface area contributed by atoms with Gasteiger partial charge in [-0.25, -0.2) is 0 Å². The van der Waals surface area contributed by atoms with Crippen molar-refractivity contribution in [2.45, 2.75) is 65.3 Å². The quantitative estimate of drug-likeness (QED) is 0.680. The van der Waals surface area contributed by atoms with Gasteiger partial charge in [-0.3, -0.25) is 0 Å². The highest BCUT2D eigenvalue weighted by Crippen LogP contribution is 2.38. The molecule has 3 atom stereocenters. The van der Waals surface area contributed by atoms with Gasteiger partial charge in [0.05, 0.1) is 0 Å². The van der Waals surface area contributed by atoms with Crippen LogP contribution in [-0.2, 0) is 6.42 Å². The van der Waals surface area contributed by atoms with Gasteiger partial charge >= 0.3 is 0 Å². The monoisotopic (exact) mass is 371 g/mol. The van der Waals surface area contributed by atoms with Crippen molar-refractivity contribution in [3.05, 3.63) is 20.8 Å². The highest BCUT2D eigenvalue weighted by Gasteiger charge is 2.30. The van der Waals surface area contributed by atoms with Crippen LogP contribution in [0.15, 0.2) is 15.9 Å². The zero-order valence-corrected chi connectivity index (χ0v) is 16.3. The zero-order chi connectivity index (χ0) is 15.5. The Morgan fingerprint density at radius 1 is 1.29 bits per heavy atom. The largest absolute Gasteiger partial charge is 0.312 e. The first-order chi connectivity index (χ1) is 9.87. The van der Waals surface area contributed by atoms with Gasteiger partial charge in [0.1, 0.15) is 0 Å². The Bertz CT molecular complexity index is 435. The number of rotatable bonds is 5. The molecule has 21 heavy (non-hydrogen) atoms. The molecule has 1 N–H and O–H groups in total. The summed E-state index contributed by atoms with van der Waals surface area (Å²) in [6.45, 7) is 10.4. The minimum absolute atomic E-state index is 0.234. The van der Waals surface area contributed by atoms with E-state index >= 15 is 0 Å². The molecule has 120 valence electrons. The van der Waals surface area contributed by atoms with Crippen LogP contribution < -0.4 is 5.32 Å². The summed E-state index contributed by atoms with van der Waals surface area (Å²) in [5.74, 6) is 2.64. The molecule has 3 unspecified atom stereocenters. The van der Waals surface area contributed by atoms with Gasteiger partial charge in [0.2, 0.25) is 0 Å². The van der Waals surface area contributed by atoms with E-state index in [0.29, 0.717) is 0 Å². The molecule has 0 radical (unpaired) electrons. The molecule has 1 aromatic rings. The first-order valence-electron chi connectivity index (χ1n) is 8.35. The molecule has 1 aromatic heterocycles. The van der Waals surface area contributed by atoms with E-state index in [-0.39, 0.29) is 5.54 Å². The number of halogens is 1. The molecule has 1 fully saturated rings. The lowest BCUT2D eigenvalue weighted by molar-refractivity contribution is 0.163. The van der Waals surface area contributed by atoms with Crippen LogP contribution in [0.25, 0.3) is 0 Å². The van der Waals surface area contributed by atoms with Gasteiger partial charge in [-0.15, -0.1) is 11.3 Å². The van der Waals surface area contributed by atoms with Crippen molar-refractivity contribution in [1.82, 2.24) is 5.32 Å². The van der Waals surface area contributed by atoms with Crippen LogP contribution in [0.5, 0.6) is 0 Å². The topological polar surface area (TPSA) is 12.0 Å². The lowest BCUT2D eigenvalue weighted by Gasteiger charge is -2.37. The second kappa shape index (κ2) is 7.61. The minimum atomic E-state index is 0.234. The molecule has 0 aliphatic heterocycles. The van der Waals surface area contributed by atoms with Gasteiger partial charge in [0, 0.05) is 20.3 Å². The molecule has 0 spiro atoms. The van der Waals surface area contributed by atoms with Crippen molar-refractivity contribution in [3.63, 3.8) is 0 Å². The average molecular weight is 372 g/mol.